The van der Waals surface area contributed by atoms with Gasteiger partial charge in [-0.2, -0.15) is 0 Å². The molecule has 0 radical (unpaired) electrons. The molecule has 0 spiro atoms. The molecule has 0 saturated heterocycles. The number of amides is 1. The van der Waals surface area contributed by atoms with Crippen molar-refractivity contribution >= 4 is 16.9 Å². The molecule has 0 bridgehead atoms. The molecule has 1 amide bonds. The predicted molar refractivity (Wildman–Crippen MR) is 82.7 cm³/mol. The molecule has 0 fully saturated rings. The molecule has 0 saturated carbocycles. The molecule has 7 nitrogen and oxygen atoms in total. The van der Waals surface area contributed by atoms with E-state index in [1.807, 2.05) is 4.57 Å². The van der Waals surface area contributed by atoms with Crippen LogP contribution in [-0.4, -0.2) is 38.6 Å². The summed E-state index contributed by atoms with van der Waals surface area (Å²) in [6, 6.07) is 4.38. The van der Waals surface area contributed by atoms with E-state index in [-0.39, 0.29) is 23.5 Å². The van der Waals surface area contributed by atoms with Gasteiger partial charge in [0.15, 0.2) is 0 Å². The third kappa shape index (κ3) is 2.61. The summed E-state index contributed by atoms with van der Waals surface area (Å²) in [5.74, 6) is 0.0951. The second-order valence-electron chi connectivity index (χ2n) is 5.50. The molecule has 1 N–H and O–H groups in total. The van der Waals surface area contributed by atoms with Gasteiger partial charge in [0.25, 0.3) is 5.91 Å². The van der Waals surface area contributed by atoms with Gasteiger partial charge in [0.1, 0.15) is 23.9 Å². The number of halogens is 1. The van der Waals surface area contributed by atoms with Crippen molar-refractivity contribution in [2.24, 2.45) is 0 Å². The molecule has 1 unspecified atom stereocenters. The van der Waals surface area contributed by atoms with Gasteiger partial charge in [-0.05, 0) is 12.1 Å². The molecule has 122 valence electrons. The number of carbonyl (C=O) groups excluding carboxylic acids is 1. The van der Waals surface area contributed by atoms with Crippen molar-refractivity contribution in [1.82, 2.24) is 24.8 Å². The lowest BCUT2D eigenvalue weighted by Gasteiger charge is -2.26. The van der Waals surface area contributed by atoms with E-state index < -0.39 is 0 Å². The van der Waals surface area contributed by atoms with E-state index in [4.69, 9.17) is 4.74 Å². The summed E-state index contributed by atoms with van der Waals surface area (Å²) < 4.78 is 20.9. The zero-order valence-corrected chi connectivity index (χ0v) is 12.6. The van der Waals surface area contributed by atoms with E-state index in [0.717, 1.165) is 11.3 Å². The molecular weight excluding hydrogens is 313 g/mol. The van der Waals surface area contributed by atoms with Gasteiger partial charge >= 0.3 is 0 Å². The first kappa shape index (κ1) is 14.7. The number of imidazole rings is 1. The fraction of sp³-hybridized carbons (Fsp3) is 0.250. The van der Waals surface area contributed by atoms with Crippen LogP contribution in [0.5, 0.6) is 0 Å². The Labute approximate surface area is 136 Å². The van der Waals surface area contributed by atoms with Crippen molar-refractivity contribution < 1.29 is 13.9 Å². The van der Waals surface area contributed by atoms with E-state index in [1.54, 1.807) is 6.07 Å². The Kier molecular flexibility index (Phi) is 3.66. The standard InChI is InChI=1S/C16H14FN5O2/c17-10-1-2-14-12(5-10)21-15-9-24-8-11(22(14)15)6-20-16(23)13-7-18-3-4-19-13/h1-5,7,11H,6,8-9H2,(H,20,23). The van der Waals surface area contributed by atoms with Crippen LogP contribution < -0.4 is 5.32 Å². The van der Waals surface area contributed by atoms with Crippen molar-refractivity contribution in [2.75, 3.05) is 13.2 Å². The van der Waals surface area contributed by atoms with Crippen molar-refractivity contribution in [3.05, 3.63) is 54.1 Å². The molecule has 8 heteroatoms. The molecule has 3 aromatic rings. The Morgan fingerprint density at radius 2 is 2.33 bits per heavy atom. The average molecular weight is 327 g/mol. The number of rotatable bonds is 3. The Morgan fingerprint density at radius 3 is 3.17 bits per heavy atom. The van der Waals surface area contributed by atoms with Crippen LogP contribution in [0.25, 0.3) is 11.0 Å². The number of nitrogens with one attached hydrogen (secondary N) is 1. The maximum Gasteiger partial charge on any atom is 0.271 e. The van der Waals surface area contributed by atoms with Crippen LogP contribution >= 0.6 is 0 Å². The minimum Gasteiger partial charge on any atom is -0.371 e. The molecule has 24 heavy (non-hydrogen) atoms. The zero-order chi connectivity index (χ0) is 16.5. The van der Waals surface area contributed by atoms with Crippen molar-refractivity contribution in [1.29, 1.82) is 0 Å². The van der Waals surface area contributed by atoms with E-state index in [1.165, 1.54) is 30.7 Å². The molecule has 1 aliphatic rings. The van der Waals surface area contributed by atoms with Gasteiger partial charge in [0, 0.05) is 25.0 Å². The summed E-state index contributed by atoms with van der Waals surface area (Å²) in [6.45, 7) is 1.16. The van der Waals surface area contributed by atoms with Crippen LogP contribution in [0.1, 0.15) is 22.4 Å². The topological polar surface area (TPSA) is 81.9 Å². The minimum atomic E-state index is -0.327. The molecule has 4 rings (SSSR count). The number of carbonyl (C=O) groups is 1. The molecule has 1 aliphatic heterocycles. The smallest absolute Gasteiger partial charge is 0.271 e. The van der Waals surface area contributed by atoms with Crippen LogP contribution in [0.4, 0.5) is 4.39 Å². The fourth-order valence-corrected chi connectivity index (χ4v) is 2.86. The predicted octanol–water partition coefficient (Wildman–Crippen LogP) is 1.47. The first-order valence-electron chi connectivity index (χ1n) is 7.50. The van der Waals surface area contributed by atoms with Gasteiger partial charge in [-0.1, -0.05) is 0 Å². The third-order valence-corrected chi connectivity index (χ3v) is 3.93. The average Bonchev–Trinajstić information content (AvgIpc) is 2.98. The Balaban J connectivity index is 1.58. The van der Waals surface area contributed by atoms with Crippen LogP contribution in [0, 0.1) is 5.82 Å². The van der Waals surface area contributed by atoms with Crippen LogP contribution in [0.2, 0.25) is 0 Å². The Hall–Kier alpha value is -2.87. The number of benzene rings is 1. The number of nitrogens with zero attached hydrogens (tertiary/aromatic N) is 4. The lowest BCUT2D eigenvalue weighted by molar-refractivity contribution is 0.0552. The van der Waals surface area contributed by atoms with Gasteiger partial charge in [0.2, 0.25) is 0 Å². The first-order valence-corrected chi connectivity index (χ1v) is 7.50. The monoisotopic (exact) mass is 327 g/mol. The van der Waals surface area contributed by atoms with Gasteiger partial charge in [-0.3, -0.25) is 9.78 Å². The highest BCUT2D eigenvalue weighted by Crippen LogP contribution is 2.26. The van der Waals surface area contributed by atoms with E-state index in [0.29, 0.717) is 25.3 Å². The maximum atomic E-state index is 13.4. The summed E-state index contributed by atoms with van der Waals surface area (Å²) in [6.07, 6.45) is 4.39. The quantitative estimate of drug-likeness (QED) is 0.788. The molecule has 0 aliphatic carbocycles. The van der Waals surface area contributed by atoms with Crippen molar-refractivity contribution in [3.8, 4) is 0 Å². The largest absolute Gasteiger partial charge is 0.371 e. The second-order valence-corrected chi connectivity index (χ2v) is 5.50. The number of hydrogen-bond donors (Lipinski definition) is 1. The van der Waals surface area contributed by atoms with Crippen molar-refractivity contribution in [2.45, 2.75) is 12.6 Å². The lowest BCUT2D eigenvalue weighted by atomic mass is 10.2. The Bertz CT molecular complexity index is 896. The number of hydrogen-bond acceptors (Lipinski definition) is 5. The van der Waals surface area contributed by atoms with Crippen LogP contribution in [0.3, 0.4) is 0 Å². The number of fused-ring (bicyclic) bond motifs is 3. The molecule has 2 aromatic heterocycles. The molecule has 1 aromatic carbocycles. The van der Waals surface area contributed by atoms with Gasteiger partial charge in [-0.25, -0.2) is 14.4 Å². The van der Waals surface area contributed by atoms with E-state index in [9.17, 15) is 9.18 Å². The van der Waals surface area contributed by atoms with E-state index >= 15 is 0 Å². The zero-order valence-electron chi connectivity index (χ0n) is 12.6. The van der Waals surface area contributed by atoms with Crippen LogP contribution in [0.15, 0.2) is 36.8 Å². The maximum absolute atomic E-state index is 13.4. The summed E-state index contributed by atoms with van der Waals surface area (Å²) >= 11 is 0. The summed E-state index contributed by atoms with van der Waals surface area (Å²) in [7, 11) is 0. The minimum absolute atomic E-state index is 0.121. The van der Waals surface area contributed by atoms with Crippen LogP contribution in [-0.2, 0) is 11.3 Å². The highest BCUT2D eigenvalue weighted by Gasteiger charge is 2.24. The summed E-state index contributed by atoms with van der Waals surface area (Å²) in [5.41, 5.74) is 1.67. The molecule has 3 heterocycles. The third-order valence-electron chi connectivity index (χ3n) is 3.93. The van der Waals surface area contributed by atoms with Gasteiger partial charge in [-0.15, -0.1) is 0 Å². The highest BCUT2D eigenvalue weighted by atomic mass is 19.1. The fourth-order valence-electron chi connectivity index (χ4n) is 2.86. The number of ether oxygens (including phenoxy) is 1. The Morgan fingerprint density at radius 1 is 1.42 bits per heavy atom. The molecule has 1 atom stereocenters. The normalized spacial score (nSPS) is 16.8. The highest BCUT2D eigenvalue weighted by molar-refractivity contribution is 5.91. The molecular formula is C16H14FN5O2. The lowest BCUT2D eigenvalue weighted by Crippen LogP contribution is -2.36. The second kappa shape index (κ2) is 5.97. The summed E-state index contributed by atoms with van der Waals surface area (Å²) in [4.78, 5) is 24.4. The van der Waals surface area contributed by atoms with Gasteiger partial charge in [0.05, 0.1) is 29.9 Å². The van der Waals surface area contributed by atoms with Crippen molar-refractivity contribution in [3.63, 3.8) is 0 Å². The number of aromatic nitrogens is 4. The SMILES string of the molecule is O=C(NCC1COCc2nc3cc(F)ccc3n21)c1cnccn1. The first-order chi connectivity index (χ1) is 11.7. The van der Waals surface area contributed by atoms with E-state index in [2.05, 4.69) is 20.3 Å². The van der Waals surface area contributed by atoms with Gasteiger partial charge < -0.3 is 14.6 Å². The summed E-state index contributed by atoms with van der Waals surface area (Å²) in [5, 5.41) is 2.83.